The number of nitrogens with zero attached hydrogens (tertiary/aromatic N) is 2. The van der Waals surface area contributed by atoms with Crippen LogP contribution < -0.4 is 5.73 Å². The SMILES string of the molecule is CCOC(=O)c1n[nH]c(C2(N)CCC2)n1. The van der Waals surface area contributed by atoms with Crippen molar-refractivity contribution >= 4 is 5.97 Å². The zero-order chi connectivity index (χ0) is 10.9. The van der Waals surface area contributed by atoms with Crippen molar-refractivity contribution in [3.05, 3.63) is 11.6 Å². The first kappa shape index (κ1) is 10.1. The van der Waals surface area contributed by atoms with Crippen LogP contribution in [-0.2, 0) is 10.3 Å². The Bertz CT molecular complexity index is 370. The molecule has 0 amide bonds. The molecule has 1 aliphatic rings. The van der Waals surface area contributed by atoms with Gasteiger partial charge in [0.25, 0.3) is 5.82 Å². The van der Waals surface area contributed by atoms with E-state index in [0.717, 1.165) is 19.3 Å². The number of rotatable bonds is 3. The first-order chi connectivity index (χ1) is 7.15. The van der Waals surface area contributed by atoms with E-state index < -0.39 is 11.5 Å². The number of H-pyrrole nitrogens is 1. The number of carbonyl (C=O) groups is 1. The standard InChI is InChI=1S/C9H14N4O2/c1-2-15-7(14)6-11-8(13-12-6)9(10)4-3-5-9/h2-5,10H2,1H3,(H,11,12,13). The molecule has 82 valence electrons. The summed E-state index contributed by atoms with van der Waals surface area (Å²) in [5, 5.41) is 6.49. The second-order valence-corrected chi connectivity index (χ2v) is 3.74. The van der Waals surface area contributed by atoms with Gasteiger partial charge in [0.05, 0.1) is 12.1 Å². The minimum absolute atomic E-state index is 0.0589. The van der Waals surface area contributed by atoms with Gasteiger partial charge in [-0.1, -0.05) is 0 Å². The van der Waals surface area contributed by atoms with Gasteiger partial charge < -0.3 is 10.5 Å². The fraction of sp³-hybridized carbons (Fsp3) is 0.667. The van der Waals surface area contributed by atoms with Gasteiger partial charge in [0.1, 0.15) is 5.82 Å². The minimum Gasteiger partial charge on any atom is -0.460 e. The summed E-state index contributed by atoms with van der Waals surface area (Å²) in [6.07, 6.45) is 2.85. The lowest BCUT2D eigenvalue weighted by Crippen LogP contribution is -2.44. The highest BCUT2D eigenvalue weighted by Gasteiger charge is 2.38. The van der Waals surface area contributed by atoms with Crippen molar-refractivity contribution in [2.75, 3.05) is 6.61 Å². The van der Waals surface area contributed by atoms with Crippen LogP contribution in [0.25, 0.3) is 0 Å². The highest BCUT2D eigenvalue weighted by atomic mass is 16.5. The van der Waals surface area contributed by atoms with E-state index in [9.17, 15) is 4.79 Å². The molecule has 15 heavy (non-hydrogen) atoms. The zero-order valence-corrected chi connectivity index (χ0v) is 8.62. The highest BCUT2D eigenvalue weighted by Crippen LogP contribution is 2.36. The topological polar surface area (TPSA) is 93.9 Å². The Morgan fingerprint density at radius 2 is 2.40 bits per heavy atom. The van der Waals surface area contributed by atoms with Gasteiger partial charge in [-0.25, -0.2) is 9.78 Å². The summed E-state index contributed by atoms with van der Waals surface area (Å²) >= 11 is 0. The Labute approximate surface area is 87.2 Å². The maximum Gasteiger partial charge on any atom is 0.378 e. The fourth-order valence-electron chi connectivity index (χ4n) is 1.57. The van der Waals surface area contributed by atoms with E-state index in [4.69, 9.17) is 10.5 Å². The molecule has 1 saturated carbocycles. The lowest BCUT2D eigenvalue weighted by molar-refractivity contribution is 0.0512. The molecule has 0 aromatic carbocycles. The summed E-state index contributed by atoms with van der Waals surface area (Å²) in [5.41, 5.74) is 5.61. The molecule has 1 aromatic rings. The van der Waals surface area contributed by atoms with Gasteiger partial charge in [0.15, 0.2) is 0 Å². The van der Waals surface area contributed by atoms with Crippen molar-refractivity contribution in [1.29, 1.82) is 0 Å². The number of hydrogen-bond acceptors (Lipinski definition) is 5. The number of nitrogens with two attached hydrogens (primary N) is 1. The van der Waals surface area contributed by atoms with Crippen molar-refractivity contribution in [3.63, 3.8) is 0 Å². The molecule has 1 aromatic heterocycles. The molecule has 0 unspecified atom stereocenters. The Kier molecular flexibility index (Phi) is 2.44. The maximum absolute atomic E-state index is 11.3. The van der Waals surface area contributed by atoms with E-state index in [2.05, 4.69) is 15.2 Å². The Morgan fingerprint density at radius 3 is 2.93 bits per heavy atom. The van der Waals surface area contributed by atoms with E-state index in [1.165, 1.54) is 0 Å². The monoisotopic (exact) mass is 210 g/mol. The first-order valence-electron chi connectivity index (χ1n) is 5.04. The average Bonchev–Trinajstić information content (AvgIpc) is 2.63. The molecule has 6 heteroatoms. The quantitative estimate of drug-likeness (QED) is 0.700. The van der Waals surface area contributed by atoms with E-state index in [1.807, 2.05) is 0 Å². The lowest BCUT2D eigenvalue weighted by atomic mass is 9.77. The van der Waals surface area contributed by atoms with Crippen LogP contribution in [0.2, 0.25) is 0 Å². The summed E-state index contributed by atoms with van der Waals surface area (Å²) in [6, 6.07) is 0. The second-order valence-electron chi connectivity index (χ2n) is 3.74. The van der Waals surface area contributed by atoms with Crippen LogP contribution in [0.5, 0.6) is 0 Å². The van der Waals surface area contributed by atoms with Crippen LogP contribution in [0, 0.1) is 0 Å². The predicted octanol–water partition coefficient (Wildman–Crippen LogP) is 0.319. The normalized spacial score (nSPS) is 18.3. The van der Waals surface area contributed by atoms with Gasteiger partial charge in [0.2, 0.25) is 0 Å². The second kappa shape index (κ2) is 3.62. The highest BCUT2D eigenvalue weighted by molar-refractivity contribution is 5.84. The summed E-state index contributed by atoms with van der Waals surface area (Å²) in [6.45, 7) is 2.05. The smallest absolute Gasteiger partial charge is 0.378 e. The predicted molar refractivity (Wildman–Crippen MR) is 52.1 cm³/mol. The van der Waals surface area contributed by atoms with Crippen LogP contribution in [-0.4, -0.2) is 27.8 Å². The molecular formula is C9H14N4O2. The Morgan fingerprint density at radius 1 is 1.67 bits per heavy atom. The maximum atomic E-state index is 11.3. The summed E-state index contributed by atoms with van der Waals surface area (Å²) < 4.78 is 4.78. The van der Waals surface area contributed by atoms with Crippen molar-refractivity contribution in [2.45, 2.75) is 31.7 Å². The third kappa shape index (κ3) is 1.72. The molecular weight excluding hydrogens is 196 g/mol. The third-order valence-electron chi connectivity index (χ3n) is 2.66. The van der Waals surface area contributed by atoms with Gasteiger partial charge in [-0.05, 0) is 26.2 Å². The van der Waals surface area contributed by atoms with Crippen LogP contribution in [0.1, 0.15) is 42.6 Å². The van der Waals surface area contributed by atoms with Crippen molar-refractivity contribution in [2.24, 2.45) is 5.73 Å². The molecule has 0 saturated heterocycles. The number of aromatic nitrogens is 3. The van der Waals surface area contributed by atoms with Crippen LogP contribution in [0.15, 0.2) is 0 Å². The van der Waals surface area contributed by atoms with E-state index in [-0.39, 0.29) is 5.82 Å². The van der Waals surface area contributed by atoms with Gasteiger partial charge in [0, 0.05) is 0 Å². The zero-order valence-electron chi connectivity index (χ0n) is 8.62. The van der Waals surface area contributed by atoms with Crippen molar-refractivity contribution < 1.29 is 9.53 Å². The number of nitrogens with one attached hydrogen (secondary N) is 1. The first-order valence-corrected chi connectivity index (χ1v) is 5.04. The molecule has 0 bridgehead atoms. The van der Waals surface area contributed by atoms with Gasteiger partial charge in [-0.2, -0.15) is 0 Å². The lowest BCUT2D eigenvalue weighted by Gasteiger charge is -2.35. The molecule has 0 atom stereocenters. The van der Waals surface area contributed by atoms with E-state index in [1.54, 1.807) is 6.92 Å². The molecule has 2 rings (SSSR count). The van der Waals surface area contributed by atoms with E-state index in [0.29, 0.717) is 12.4 Å². The number of esters is 1. The van der Waals surface area contributed by atoms with Gasteiger partial charge >= 0.3 is 5.97 Å². The average molecular weight is 210 g/mol. The number of carbonyl (C=O) groups excluding carboxylic acids is 1. The minimum atomic E-state index is -0.511. The van der Waals surface area contributed by atoms with Crippen molar-refractivity contribution in [3.8, 4) is 0 Å². The number of hydrogen-bond donors (Lipinski definition) is 2. The fourth-order valence-corrected chi connectivity index (χ4v) is 1.57. The van der Waals surface area contributed by atoms with Crippen LogP contribution >= 0.6 is 0 Å². The summed E-state index contributed by atoms with van der Waals surface area (Å²) in [5.74, 6) is 0.128. The molecule has 1 heterocycles. The molecule has 1 aliphatic carbocycles. The van der Waals surface area contributed by atoms with Crippen LogP contribution in [0.4, 0.5) is 0 Å². The van der Waals surface area contributed by atoms with Gasteiger partial charge in [-0.15, -0.1) is 5.10 Å². The van der Waals surface area contributed by atoms with E-state index >= 15 is 0 Å². The van der Waals surface area contributed by atoms with Crippen LogP contribution in [0.3, 0.4) is 0 Å². The molecule has 3 N–H and O–H groups in total. The molecule has 0 spiro atoms. The molecule has 0 radical (unpaired) electrons. The molecule has 6 nitrogen and oxygen atoms in total. The number of aromatic amines is 1. The Balaban J connectivity index is 2.13. The number of ether oxygens (including phenoxy) is 1. The molecule has 1 fully saturated rings. The van der Waals surface area contributed by atoms with Gasteiger partial charge in [-0.3, -0.25) is 5.10 Å². The van der Waals surface area contributed by atoms with Crippen molar-refractivity contribution in [1.82, 2.24) is 15.2 Å². The molecule has 0 aliphatic heterocycles. The summed E-state index contributed by atoms with van der Waals surface area (Å²) in [4.78, 5) is 15.3. The largest absolute Gasteiger partial charge is 0.460 e. The Hall–Kier alpha value is -1.43. The third-order valence-corrected chi connectivity index (χ3v) is 2.66. The summed E-state index contributed by atoms with van der Waals surface area (Å²) in [7, 11) is 0.